The molecule has 0 fully saturated rings. The van der Waals surface area contributed by atoms with Crippen molar-refractivity contribution < 1.29 is 4.52 Å². The minimum atomic E-state index is 0.576. The van der Waals surface area contributed by atoms with Gasteiger partial charge in [0, 0.05) is 13.0 Å². The van der Waals surface area contributed by atoms with Crippen LogP contribution in [0.15, 0.2) is 15.2 Å². The molecule has 0 aliphatic rings. The Kier molecular flexibility index (Phi) is 1.15. The van der Waals surface area contributed by atoms with Crippen molar-refractivity contribution in [2.75, 3.05) is 0 Å². The molecule has 1 heterocycles. The Bertz CT molecular complexity index is 144. The first-order chi connectivity index (χ1) is 3.29. The molecule has 7 heavy (non-hydrogen) atoms. The van der Waals surface area contributed by atoms with Crippen molar-refractivity contribution in [3.05, 3.63) is 23.4 Å². The molecule has 1 radical (unpaired) electrons. The molecule has 3 heteroatoms. The molecule has 0 amide bonds. The van der Waals surface area contributed by atoms with Gasteiger partial charge in [-0.05, 0) is 15.9 Å². The molecule has 1 rings (SSSR count). The molecule has 1 aromatic heterocycles. The summed E-state index contributed by atoms with van der Waals surface area (Å²) in [5, 5.41) is 3.50. The van der Waals surface area contributed by atoms with Crippen LogP contribution in [0.3, 0.4) is 0 Å². The topological polar surface area (TPSA) is 26.0 Å². The van der Waals surface area contributed by atoms with E-state index in [1.54, 1.807) is 6.07 Å². The molecular weight excluding hydrogens is 158 g/mol. The molecule has 0 aromatic carbocycles. The smallest absolute Gasteiger partial charge is 0.149 e. The Morgan fingerprint density at radius 3 is 2.71 bits per heavy atom. The maximum atomic E-state index is 4.56. The van der Waals surface area contributed by atoms with Crippen LogP contribution in [0.25, 0.3) is 0 Å². The lowest BCUT2D eigenvalue weighted by molar-refractivity contribution is 0.403. The molecule has 1 aromatic rings. The monoisotopic (exact) mass is 160 g/mol. The van der Waals surface area contributed by atoms with E-state index in [9.17, 15) is 0 Å². The van der Waals surface area contributed by atoms with E-state index in [-0.39, 0.29) is 0 Å². The summed E-state index contributed by atoms with van der Waals surface area (Å²) in [6.45, 7) is 3.48. The predicted octanol–water partition coefficient (Wildman–Crippen LogP) is 1.62. The van der Waals surface area contributed by atoms with Gasteiger partial charge in [0.05, 0.1) is 0 Å². The van der Waals surface area contributed by atoms with E-state index in [1.165, 1.54) is 0 Å². The van der Waals surface area contributed by atoms with Crippen LogP contribution in [-0.4, -0.2) is 5.16 Å². The van der Waals surface area contributed by atoms with Crippen molar-refractivity contribution >= 4 is 15.9 Å². The zero-order chi connectivity index (χ0) is 5.28. The third-order valence-electron chi connectivity index (χ3n) is 0.530. The van der Waals surface area contributed by atoms with Crippen LogP contribution in [-0.2, 0) is 0 Å². The lowest BCUT2D eigenvalue weighted by Crippen LogP contribution is -1.51. The summed E-state index contributed by atoms with van der Waals surface area (Å²) in [5.74, 6) is 0.576. The maximum absolute atomic E-state index is 4.56. The fourth-order valence-corrected chi connectivity index (χ4v) is 0.615. The van der Waals surface area contributed by atoms with Gasteiger partial charge in [0.2, 0.25) is 0 Å². The standard InChI is InChI=1S/C4H3BrNO/c1-3-2-4(5)6-7-3/h2H,1H2. The highest BCUT2D eigenvalue weighted by Gasteiger charge is 1.90. The molecule has 0 spiro atoms. The van der Waals surface area contributed by atoms with Gasteiger partial charge < -0.3 is 4.52 Å². The van der Waals surface area contributed by atoms with Crippen LogP contribution in [0.1, 0.15) is 5.76 Å². The summed E-state index contributed by atoms with van der Waals surface area (Å²) in [6, 6.07) is 1.69. The molecule has 0 aliphatic heterocycles. The number of hydrogen-bond acceptors (Lipinski definition) is 2. The molecule has 0 bridgehead atoms. The molecule has 0 saturated carbocycles. The highest BCUT2D eigenvalue weighted by molar-refractivity contribution is 9.10. The van der Waals surface area contributed by atoms with Gasteiger partial charge in [-0.15, -0.1) is 0 Å². The summed E-state index contributed by atoms with van der Waals surface area (Å²) in [7, 11) is 0. The van der Waals surface area contributed by atoms with Gasteiger partial charge >= 0.3 is 0 Å². The van der Waals surface area contributed by atoms with Crippen LogP contribution < -0.4 is 0 Å². The number of nitrogens with zero attached hydrogens (tertiary/aromatic N) is 1. The summed E-state index contributed by atoms with van der Waals surface area (Å²) >= 11 is 3.09. The number of hydrogen-bond donors (Lipinski definition) is 0. The lowest BCUT2D eigenvalue weighted by atomic mass is 10.5. The highest BCUT2D eigenvalue weighted by atomic mass is 79.9. The fourth-order valence-electron chi connectivity index (χ4n) is 0.288. The fraction of sp³-hybridized carbons (Fsp3) is 0. The van der Waals surface area contributed by atoms with Crippen LogP contribution in [0.5, 0.6) is 0 Å². The third kappa shape index (κ3) is 1.03. The van der Waals surface area contributed by atoms with E-state index in [2.05, 4.69) is 32.5 Å². The van der Waals surface area contributed by atoms with E-state index in [4.69, 9.17) is 0 Å². The van der Waals surface area contributed by atoms with Gasteiger partial charge in [-0.25, -0.2) is 0 Å². The Balaban J connectivity index is 3.04. The second-order valence-corrected chi connectivity index (χ2v) is 1.93. The van der Waals surface area contributed by atoms with Crippen LogP contribution in [0.4, 0.5) is 0 Å². The zero-order valence-electron chi connectivity index (χ0n) is 3.52. The molecule has 37 valence electrons. The molecule has 2 nitrogen and oxygen atoms in total. The van der Waals surface area contributed by atoms with Crippen LogP contribution >= 0.6 is 15.9 Å². The SMILES string of the molecule is [CH2]c1cc(Br)no1. The predicted molar refractivity (Wildman–Crippen MR) is 28.7 cm³/mol. The molecule has 0 N–H and O–H groups in total. The molecule has 0 atom stereocenters. The van der Waals surface area contributed by atoms with Gasteiger partial charge in [-0.3, -0.25) is 0 Å². The van der Waals surface area contributed by atoms with E-state index < -0.39 is 0 Å². The van der Waals surface area contributed by atoms with Crippen molar-refractivity contribution in [3.63, 3.8) is 0 Å². The third-order valence-corrected chi connectivity index (χ3v) is 0.904. The van der Waals surface area contributed by atoms with Crippen LogP contribution in [0.2, 0.25) is 0 Å². The highest BCUT2D eigenvalue weighted by Crippen LogP contribution is 2.07. The van der Waals surface area contributed by atoms with Gasteiger partial charge in [-0.1, -0.05) is 5.16 Å². The first-order valence-corrected chi connectivity index (χ1v) is 2.52. The van der Waals surface area contributed by atoms with Crippen molar-refractivity contribution in [1.82, 2.24) is 5.16 Å². The summed E-state index contributed by atoms with van der Waals surface area (Å²) in [4.78, 5) is 0. The Labute approximate surface area is 49.6 Å². The average Bonchev–Trinajstić information content (AvgIpc) is 1.87. The van der Waals surface area contributed by atoms with E-state index in [1.807, 2.05) is 0 Å². The summed E-state index contributed by atoms with van der Waals surface area (Å²) in [6.07, 6.45) is 0. The van der Waals surface area contributed by atoms with Gasteiger partial charge in [0.25, 0.3) is 0 Å². The van der Waals surface area contributed by atoms with E-state index in [0.717, 1.165) is 0 Å². The zero-order valence-corrected chi connectivity index (χ0v) is 5.10. The second kappa shape index (κ2) is 1.66. The molecule has 0 unspecified atom stereocenters. The van der Waals surface area contributed by atoms with E-state index >= 15 is 0 Å². The summed E-state index contributed by atoms with van der Waals surface area (Å²) < 4.78 is 5.25. The average molecular weight is 161 g/mol. The number of rotatable bonds is 0. The minimum Gasteiger partial charge on any atom is -0.360 e. The van der Waals surface area contributed by atoms with Crippen LogP contribution in [0, 0.1) is 6.92 Å². The number of aromatic nitrogens is 1. The van der Waals surface area contributed by atoms with Gasteiger partial charge in [0.1, 0.15) is 10.4 Å². The first-order valence-electron chi connectivity index (χ1n) is 1.73. The molecule has 0 aliphatic carbocycles. The Morgan fingerprint density at radius 2 is 2.57 bits per heavy atom. The second-order valence-electron chi connectivity index (χ2n) is 1.12. The lowest BCUT2D eigenvalue weighted by Gasteiger charge is -1.64. The number of halogens is 1. The minimum absolute atomic E-state index is 0.576. The quantitative estimate of drug-likeness (QED) is 0.577. The molecular formula is C4H3BrNO. The van der Waals surface area contributed by atoms with E-state index in [0.29, 0.717) is 10.4 Å². The normalized spacial score (nSPS) is 9.43. The van der Waals surface area contributed by atoms with Gasteiger partial charge in [-0.2, -0.15) is 0 Å². The molecule has 0 saturated heterocycles. The maximum Gasteiger partial charge on any atom is 0.149 e. The van der Waals surface area contributed by atoms with Crippen molar-refractivity contribution in [2.24, 2.45) is 0 Å². The Hall–Kier alpha value is -0.310. The van der Waals surface area contributed by atoms with Crippen molar-refractivity contribution in [1.29, 1.82) is 0 Å². The summed E-state index contributed by atoms with van der Waals surface area (Å²) in [5.41, 5.74) is 0. The van der Waals surface area contributed by atoms with Gasteiger partial charge in [0.15, 0.2) is 0 Å². The van der Waals surface area contributed by atoms with Crippen molar-refractivity contribution in [3.8, 4) is 0 Å². The largest absolute Gasteiger partial charge is 0.360 e. The Morgan fingerprint density at radius 1 is 1.86 bits per heavy atom. The first kappa shape index (κ1) is 4.84. The van der Waals surface area contributed by atoms with Crippen molar-refractivity contribution in [2.45, 2.75) is 0 Å².